The van der Waals surface area contributed by atoms with Crippen molar-refractivity contribution in [1.29, 1.82) is 0 Å². The topological polar surface area (TPSA) is 70.8 Å². The van der Waals surface area contributed by atoms with Crippen molar-refractivity contribution in [2.24, 2.45) is 0 Å². The van der Waals surface area contributed by atoms with Gasteiger partial charge < -0.3 is 24.2 Å². The number of aromatic nitrogens is 2. The first kappa shape index (κ1) is 19.6. The zero-order valence-corrected chi connectivity index (χ0v) is 17.8. The average Bonchev–Trinajstić information content (AvgIpc) is 3.44. The first-order valence-corrected chi connectivity index (χ1v) is 10.5. The molecule has 1 unspecified atom stereocenters. The zero-order valence-electron chi connectivity index (χ0n) is 17.8. The largest absolute Gasteiger partial charge is 0.507 e. The SMILES string of the molecule is COCCN1c2cccnc2-n2cccc2C12CCN(C(=O)c1cccc(C)c1O)C2. The minimum Gasteiger partial charge on any atom is -0.507 e. The predicted molar refractivity (Wildman–Crippen MR) is 118 cm³/mol. The van der Waals surface area contributed by atoms with Crippen LogP contribution in [0.3, 0.4) is 0 Å². The fourth-order valence-corrected chi connectivity index (χ4v) is 5.01. The van der Waals surface area contributed by atoms with Gasteiger partial charge in [-0.05, 0) is 49.2 Å². The van der Waals surface area contributed by atoms with Gasteiger partial charge in [0, 0.05) is 39.1 Å². The third-order valence-corrected chi connectivity index (χ3v) is 6.55. The first-order chi connectivity index (χ1) is 15.1. The molecular weight excluding hydrogens is 392 g/mol. The molecule has 1 atom stereocenters. The van der Waals surface area contributed by atoms with Crippen molar-refractivity contribution in [2.45, 2.75) is 18.9 Å². The number of para-hydroxylation sites is 1. The van der Waals surface area contributed by atoms with Crippen LogP contribution in [0.15, 0.2) is 54.9 Å². The lowest BCUT2D eigenvalue weighted by Crippen LogP contribution is -2.53. The van der Waals surface area contributed by atoms with Crippen LogP contribution >= 0.6 is 0 Å². The van der Waals surface area contributed by atoms with Crippen molar-refractivity contribution >= 4 is 11.6 Å². The smallest absolute Gasteiger partial charge is 0.257 e. The average molecular weight is 418 g/mol. The highest BCUT2D eigenvalue weighted by molar-refractivity contribution is 5.97. The van der Waals surface area contributed by atoms with Gasteiger partial charge in [-0.25, -0.2) is 4.98 Å². The van der Waals surface area contributed by atoms with E-state index in [1.54, 1.807) is 19.4 Å². The summed E-state index contributed by atoms with van der Waals surface area (Å²) < 4.78 is 7.56. The summed E-state index contributed by atoms with van der Waals surface area (Å²) >= 11 is 0. The normalized spacial score (nSPS) is 19.5. The van der Waals surface area contributed by atoms with E-state index < -0.39 is 0 Å². The first-order valence-electron chi connectivity index (χ1n) is 10.5. The van der Waals surface area contributed by atoms with Crippen molar-refractivity contribution in [1.82, 2.24) is 14.5 Å². The monoisotopic (exact) mass is 418 g/mol. The van der Waals surface area contributed by atoms with Crippen LogP contribution in [0.25, 0.3) is 5.82 Å². The van der Waals surface area contributed by atoms with Gasteiger partial charge in [0.05, 0.1) is 23.6 Å². The fourth-order valence-electron chi connectivity index (χ4n) is 5.01. The molecule has 160 valence electrons. The van der Waals surface area contributed by atoms with E-state index in [9.17, 15) is 9.90 Å². The summed E-state index contributed by atoms with van der Waals surface area (Å²) in [5, 5.41) is 10.5. The van der Waals surface area contributed by atoms with Crippen molar-refractivity contribution in [3.8, 4) is 11.6 Å². The molecule has 0 bridgehead atoms. The number of ether oxygens (including phenoxy) is 1. The summed E-state index contributed by atoms with van der Waals surface area (Å²) in [5.41, 5.74) is 2.84. The maximum absolute atomic E-state index is 13.4. The lowest BCUT2D eigenvalue weighted by molar-refractivity contribution is 0.0778. The van der Waals surface area contributed by atoms with Crippen LogP contribution in [-0.2, 0) is 10.3 Å². The minimum atomic E-state index is -0.382. The number of fused-ring (bicyclic) bond motifs is 4. The van der Waals surface area contributed by atoms with E-state index in [1.807, 2.05) is 42.3 Å². The highest BCUT2D eigenvalue weighted by Gasteiger charge is 2.50. The Balaban J connectivity index is 1.56. The molecule has 1 N–H and O–H groups in total. The molecule has 4 heterocycles. The Hall–Kier alpha value is -3.32. The molecule has 2 aliphatic rings. The molecule has 7 nitrogen and oxygen atoms in total. The van der Waals surface area contributed by atoms with Crippen LogP contribution in [0.2, 0.25) is 0 Å². The Labute approximate surface area is 181 Å². The van der Waals surface area contributed by atoms with Crippen LogP contribution in [0.5, 0.6) is 5.75 Å². The summed E-state index contributed by atoms with van der Waals surface area (Å²) in [6.07, 6.45) is 4.63. The van der Waals surface area contributed by atoms with Gasteiger partial charge in [0.2, 0.25) is 0 Å². The second-order valence-corrected chi connectivity index (χ2v) is 8.23. The predicted octanol–water partition coefficient (Wildman–Crippen LogP) is 3.09. The molecular formula is C24H26N4O3. The van der Waals surface area contributed by atoms with Crippen LogP contribution in [0.4, 0.5) is 5.69 Å². The number of nitrogens with zero attached hydrogens (tertiary/aromatic N) is 4. The molecule has 0 aliphatic carbocycles. The van der Waals surface area contributed by atoms with E-state index >= 15 is 0 Å². The summed E-state index contributed by atoms with van der Waals surface area (Å²) in [5.74, 6) is 0.816. The molecule has 5 rings (SSSR count). The van der Waals surface area contributed by atoms with Crippen LogP contribution in [0.1, 0.15) is 28.0 Å². The number of carbonyl (C=O) groups excluding carboxylic acids is 1. The van der Waals surface area contributed by atoms with Crippen molar-refractivity contribution < 1.29 is 14.6 Å². The van der Waals surface area contributed by atoms with Crippen LogP contribution in [-0.4, -0.2) is 58.8 Å². The lowest BCUT2D eigenvalue weighted by Gasteiger charge is -2.47. The second kappa shape index (κ2) is 7.42. The maximum Gasteiger partial charge on any atom is 0.257 e. The summed E-state index contributed by atoms with van der Waals surface area (Å²) in [6, 6.07) is 13.5. The van der Waals surface area contributed by atoms with Gasteiger partial charge in [0.15, 0.2) is 5.82 Å². The van der Waals surface area contributed by atoms with Gasteiger partial charge in [-0.3, -0.25) is 4.79 Å². The molecule has 7 heteroatoms. The number of likely N-dealkylation sites (tertiary alicyclic amines) is 1. The minimum absolute atomic E-state index is 0.0613. The van der Waals surface area contributed by atoms with Crippen LogP contribution in [0, 0.1) is 6.92 Å². The number of hydrogen-bond donors (Lipinski definition) is 1. The number of carbonyl (C=O) groups is 1. The number of benzene rings is 1. The Kier molecular flexibility index (Phi) is 4.70. The van der Waals surface area contributed by atoms with Crippen molar-refractivity contribution in [2.75, 3.05) is 38.3 Å². The summed E-state index contributed by atoms with van der Waals surface area (Å²) in [4.78, 5) is 22.2. The molecule has 1 saturated heterocycles. The van der Waals surface area contributed by atoms with Gasteiger partial charge in [0.1, 0.15) is 11.3 Å². The number of phenols is 1. The maximum atomic E-state index is 13.4. The number of hydrogen-bond acceptors (Lipinski definition) is 5. The molecule has 1 spiro atoms. The number of amides is 1. The van der Waals surface area contributed by atoms with Gasteiger partial charge in [-0.1, -0.05) is 12.1 Å². The van der Waals surface area contributed by atoms with Gasteiger partial charge >= 0.3 is 0 Å². The van der Waals surface area contributed by atoms with E-state index in [1.165, 1.54) is 0 Å². The zero-order chi connectivity index (χ0) is 21.6. The quantitative estimate of drug-likeness (QED) is 0.705. The Bertz CT molecular complexity index is 1140. The number of aryl methyl sites for hydroxylation is 1. The Morgan fingerprint density at radius 2 is 2.10 bits per heavy atom. The second-order valence-electron chi connectivity index (χ2n) is 8.23. The van der Waals surface area contributed by atoms with E-state index in [2.05, 4.69) is 26.6 Å². The molecule has 1 amide bonds. The molecule has 2 aliphatic heterocycles. The highest BCUT2D eigenvalue weighted by Crippen LogP contribution is 2.47. The third-order valence-electron chi connectivity index (χ3n) is 6.55. The van der Waals surface area contributed by atoms with Gasteiger partial charge in [0.25, 0.3) is 5.91 Å². The van der Waals surface area contributed by atoms with E-state index in [0.717, 1.165) is 23.6 Å². The number of anilines is 1. The highest BCUT2D eigenvalue weighted by atomic mass is 16.5. The molecule has 1 aromatic carbocycles. The summed E-state index contributed by atoms with van der Waals surface area (Å²) in [7, 11) is 1.70. The molecule has 31 heavy (non-hydrogen) atoms. The van der Waals surface area contributed by atoms with Crippen molar-refractivity contribution in [3.05, 3.63) is 71.7 Å². The molecule has 3 aromatic rings. The number of aromatic hydroxyl groups is 1. The lowest BCUT2D eigenvalue weighted by atomic mass is 9.89. The Morgan fingerprint density at radius 1 is 1.23 bits per heavy atom. The van der Waals surface area contributed by atoms with Crippen LogP contribution < -0.4 is 4.90 Å². The number of pyridine rings is 1. The Morgan fingerprint density at radius 3 is 2.94 bits per heavy atom. The molecule has 0 radical (unpaired) electrons. The third kappa shape index (κ3) is 2.91. The molecule has 2 aromatic heterocycles. The van der Waals surface area contributed by atoms with E-state index in [4.69, 9.17) is 4.74 Å². The number of phenolic OH excluding ortho intramolecular Hbond substituents is 1. The number of methoxy groups -OCH3 is 1. The molecule has 1 fully saturated rings. The van der Waals surface area contributed by atoms with Gasteiger partial charge in [-0.2, -0.15) is 0 Å². The molecule has 0 saturated carbocycles. The van der Waals surface area contributed by atoms with Gasteiger partial charge in [-0.15, -0.1) is 0 Å². The van der Waals surface area contributed by atoms with E-state index in [-0.39, 0.29) is 17.2 Å². The fraction of sp³-hybridized carbons (Fsp3) is 0.333. The van der Waals surface area contributed by atoms with E-state index in [0.29, 0.717) is 37.4 Å². The summed E-state index contributed by atoms with van der Waals surface area (Å²) in [6.45, 7) is 4.21. The number of rotatable bonds is 4. The van der Waals surface area contributed by atoms with Crippen molar-refractivity contribution in [3.63, 3.8) is 0 Å². The standard InChI is InChI=1S/C24H26N4O3/c1-17-6-3-7-18(21(17)29)23(30)26-13-10-24(16-26)20-9-5-12-27(20)22-19(8-4-11-25-22)28(24)14-15-31-2/h3-9,11-12,29H,10,13-16H2,1-2H3.